The van der Waals surface area contributed by atoms with Crippen LogP contribution in [0, 0.1) is 12.8 Å². The molecule has 2 aliphatic rings. The molecule has 1 saturated heterocycles. The first-order valence-corrected chi connectivity index (χ1v) is 8.59. The highest BCUT2D eigenvalue weighted by atomic mass is 35.5. The molecule has 0 radical (unpaired) electrons. The number of likely N-dealkylation sites (tertiary alicyclic amines) is 1. The molecule has 0 aromatic carbocycles. The van der Waals surface area contributed by atoms with Crippen molar-refractivity contribution in [1.82, 2.24) is 9.47 Å². The zero-order valence-corrected chi connectivity index (χ0v) is 14.4. The van der Waals surface area contributed by atoms with Crippen molar-refractivity contribution < 1.29 is 9.90 Å². The predicted molar refractivity (Wildman–Crippen MR) is 89.1 cm³/mol. The maximum Gasteiger partial charge on any atom is 0.320 e. The maximum absolute atomic E-state index is 11.8. The lowest BCUT2D eigenvalue weighted by atomic mass is 9.85. The van der Waals surface area contributed by atoms with Crippen molar-refractivity contribution in [3.8, 4) is 0 Å². The van der Waals surface area contributed by atoms with E-state index in [1.807, 2.05) is 12.3 Å². The predicted octanol–water partition coefficient (Wildman–Crippen LogP) is 2.36. The summed E-state index contributed by atoms with van der Waals surface area (Å²) in [5, 5.41) is 11.4. The number of hydrogen-bond donors (Lipinski definition) is 1. The monoisotopic (exact) mass is 346 g/mol. The van der Waals surface area contributed by atoms with Crippen molar-refractivity contribution in [2.24, 2.45) is 5.92 Å². The van der Waals surface area contributed by atoms with Crippen LogP contribution in [0.5, 0.6) is 0 Å². The molecule has 1 saturated carbocycles. The van der Waals surface area contributed by atoms with Gasteiger partial charge in [-0.05, 0) is 32.1 Å². The SMILES string of the molecule is Cc1csc(=O)n1CCN1C(C(=O)O)CC2CCCCC21.Cl. The second-order valence-corrected chi connectivity index (χ2v) is 7.05. The third-order valence-electron chi connectivity index (χ3n) is 5.06. The highest BCUT2D eigenvalue weighted by Crippen LogP contribution is 2.39. The number of fused-ring (bicyclic) bond motifs is 1. The van der Waals surface area contributed by atoms with Crippen molar-refractivity contribution in [3.63, 3.8) is 0 Å². The Kier molecular flexibility index (Phi) is 5.69. The fourth-order valence-corrected chi connectivity index (χ4v) is 4.77. The molecule has 1 aromatic rings. The molecule has 5 nitrogen and oxygen atoms in total. The Balaban J connectivity index is 0.00000176. The smallest absolute Gasteiger partial charge is 0.320 e. The lowest BCUT2D eigenvalue weighted by molar-refractivity contribution is -0.142. The molecule has 7 heteroatoms. The van der Waals surface area contributed by atoms with E-state index in [1.165, 1.54) is 24.2 Å². The standard InChI is InChI=1S/C15H22N2O3S.ClH/c1-10-9-21-15(20)16(10)6-7-17-12-5-3-2-4-11(12)8-13(17)14(18)19;/h9,11-13H,2-8H2,1H3,(H,18,19);1H. The Bertz CT molecular complexity index is 586. The number of thiazole rings is 1. The molecule has 2 fully saturated rings. The molecule has 22 heavy (non-hydrogen) atoms. The summed E-state index contributed by atoms with van der Waals surface area (Å²) >= 11 is 1.22. The Labute approximate surface area is 140 Å². The minimum Gasteiger partial charge on any atom is -0.480 e. The van der Waals surface area contributed by atoms with E-state index < -0.39 is 5.97 Å². The molecular formula is C15H23ClN2O3S. The quantitative estimate of drug-likeness (QED) is 0.909. The third kappa shape index (κ3) is 3.24. The fourth-order valence-electron chi connectivity index (χ4n) is 4.01. The van der Waals surface area contributed by atoms with Crippen molar-refractivity contribution in [2.45, 2.75) is 57.7 Å². The van der Waals surface area contributed by atoms with Crippen LogP contribution in [0.3, 0.4) is 0 Å². The topological polar surface area (TPSA) is 62.5 Å². The molecule has 0 spiro atoms. The average molecular weight is 347 g/mol. The third-order valence-corrected chi connectivity index (χ3v) is 5.95. The highest BCUT2D eigenvalue weighted by molar-refractivity contribution is 7.07. The number of halogens is 1. The second-order valence-electron chi connectivity index (χ2n) is 6.23. The summed E-state index contributed by atoms with van der Waals surface area (Å²) in [4.78, 5) is 25.5. The summed E-state index contributed by atoms with van der Waals surface area (Å²) in [6, 6.07) is 0.0298. The van der Waals surface area contributed by atoms with Crippen LogP contribution >= 0.6 is 23.7 Å². The molecule has 1 N–H and O–H groups in total. The van der Waals surface area contributed by atoms with Gasteiger partial charge in [-0.25, -0.2) is 0 Å². The van der Waals surface area contributed by atoms with Crippen molar-refractivity contribution >= 4 is 29.7 Å². The maximum atomic E-state index is 11.8. The lowest BCUT2D eigenvalue weighted by Gasteiger charge is -2.33. The Morgan fingerprint density at radius 2 is 2.09 bits per heavy atom. The number of aliphatic carboxylic acids is 1. The Hall–Kier alpha value is -0.850. The van der Waals surface area contributed by atoms with Gasteiger partial charge in [0.1, 0.15) is 6.04 Å². The van der Waals surface area contributed by atoms with Crippen LogP contribution in [0.15, 0.2) is 10.2 Å². The van der Waals surface area contributed by atoms with Crippen LogP contribution in [-0.4, -0.2) is 39.2 Å². The molecule has 2 heterocycles. The molecule has 3 atom stereocenters. The fraction of sp³-hybridized carbons (Fsp3) is 0.733. The van der Waals surface area contributed by atoms with Gasteiger partial charge in [0.05, 0.1) is 0 Å². The zero-order chi connectivity index (χ0) is 15.0. The number of carboxylic acids is 1. The van der Waals surface area contributed by atoms with Crippen molar-refractivity contribution in [2.75, 3.05) is 6.54 Å². The molecule has 3 rings (SSSR count). The number of aryl methyl sites for hydroxylation is 1. The van der Waals surface area contributed by atoms with Crippen molar-refractivity contribution in [3.05, 3.63) is 20.7 Å². The normalized spacial score (nSPS) is 28.1. The van der Waals surface area contributed by atoms with E-state index in [9.17, 15) is 14.7 Å². The van der Waals surface area contributed by atoms with E-state index in [0.717, 1.165) is 25.0 Å². The number of carboxylic acid groups (broad SMARTS) is 1. The second kappa shape index (κ2) is 7.15. The van der Waals surface area contributed by atoms with Crippen LogP contribution in [-0.2, 0) is 11.3 Å². The van der Waals surface area contributed by atoms with E-state index in [4.69, 9.17) is 0 Å². The first-order chi connectivity index (χ1) is 10.1. The van der Waals surface area contributed by atoms with E-state index in [1.54, 1.807) is 4.57 Å². The molecule has 1 aromatic heterocycles. The van der Waals surface area contributed by atoms with Crippen LogP contribution < -0.4 is 4.87 Å². The number of hydrogen-bond acceptors (Lipinski definition) is 4. The first-order valence-electron chi connectivity index (χ1n) is 7.71. The molecule has 1 aliphatic carbocycles. The van der Waals surface area contributed by atoms with Gasteiger partial charge in [0.15, 0.2) is 0 Å². The van der Waals surface area contributed by atoms with Gasteiger partial charge in [-0.1, -0.05) is 24.2 Å². The zero-order valence-electron chi connectivity index (χ0n) is 12.7. The van der Waals surface area contributed by atoms with Crippen LogP contribution in [0.25, 0.3) is 0 Å². The van der Waals surface area contributed by atoms with Gasteiger partial charge in [-0.15, -0.1) is 12.4 Å². The summed E-state index contributed by atoms with van der Waals surface area (Å²) in [6.45, 7) is 3.19. The number of rotatable bonds is 4. The van der Waals surface area contributed by atoms with E-state index >= 15 is 0 Å². The molecule has 124 valence electrons. The largest absolute Gasteiger partial charge is 0.480 e. The average Bonchev–Trinajstić information content (AvgIpc) is 2.98. The molecule has 1 aliphatic heterocycles. The van der Waals surface area contributed by atoms with Gasteiger partial charge in [0.2, 0.25) is 0 Å². The minimum atomic E-state index is -0.709. The first kappa shape index (κ1) is 17.5. The highest BCUT2D eigenvalue weighted by Gasteiger charge is 2.44. The van der Waals surface area contributed by atoms with E-state index in [-0.39, 0.29) is 23.3 Å². The number of aromatic nitrogens is 1. The van der Waals surface area contributed by atoms with Crippen LogP contribution in [0.2, 0.25) is 0 Å². The van der Waals surface area contributed by atoms with Crippen LogP contribution in [0.4, 0.5) is 0 Å². The Morgan fingerprint density at radius 3 is 2.73 bits per heavy atom. The molecular weight excluding hydrogens is 324 g/mol. The van der Waals surface area contributed by atoms with Gasteiger partial charge >= 0.3 is 10.8 Å². The summed E-state index contributed by atoms with van der Waals surface area (Å²) < 4.78 is 1.76. The number of carbonyl (C=O) groups is 1. The molecule has 0 bridgehead atoms. The number of nitrogens with zero attached hydrogens (tertiary/aromatic N) is 2. The van der Waals surface area contributed by atoms with Gasteiger partial charge in [0, 0.05) is 30.2 Å². The van der Waals surface area contributed by atoms with Gasteiger partial charge < -0.3 is 9.67 Å². The summed E-state index contributed by atoms with van der Waals surface area (Å²) in [5.41, 5.74) is 0.969. The van der Waals surface area contributed by atoms with Gasteiger partial charge in [-0.2, -0.15) is 0 Å². The molecule has 3 unspecified atom stereocenters. The van der Waals surface area contributed by atoms with Gasteiger partial charge in [-0.3, -0.25) is 14.5 Å². The lowest BCUT2D eigenvalue weighted by Crippen LogP contribution is -2.44. The van der Waals surface area contributed by atoms with E-state index in [0.29, 0.717) is 25.0 Å². The summed E-state index contributed by atoms with van der Waals surface area (Å²) in [7, 11) is 0. The Morgan fingerprint density at radius 1 is 1.36 bits per heavy atom. The summed E-state index contributed by atoms with van der Waals surface area (Å²) in [5.74, 6) is -0.182. The van der Waals surface area contributed by atoms with E-state index in [2.05, 4.69) is 4.90 Å². The minimum absolute atomic E-state index is 0. The summed E-state index contributed by atoms with van der Waals surface area (Å²) in [6.07, 6.45) is 5.46. The molecule has 0 amide bonds. The van der Waals surface area contributed by atoms with Crippen LogP contribution in [0.1, 0.15) is 37.8 Å². The van der Waals surface area contributed by atoms with Gasteiger partial charge in [0.25, 0.3) is 0 Å². The van der Waals surface area contributed by atoms with Crippen molar-refractivity contribution in [1.29, 1.82) is 0 Å².